The Bertz CT molecular complexity index is 231. The summed E-state index contributed by atoms with van der Waals surface area (Å²) in [4.78, 5) is 0. The highest BCUT2D eigenvalue weighted by Crippen LogP contribution is 2.20. The van der Waals surface area contributed by atoms with E-state index in [4.69, 9.17) is 14.2 Å². The zero-order chi connectivity index (χ0) is 13.3. The smallest absolute Gasteiger partial charge is 0.0809 e. The van der Waals surface area contributed by atoms with Crippen LogP contribution in [-0.4, -0.2) is 51.7 Å². The first-order valence-electron chi connectivity index (χ1n) is 7.84. The molecule has 3 atom stereocenters. The van der Waals surface area contributed by atoms with Crippen molar-refractivity contribution >= 4 is 0 Å². The molecule has 3 unspecified atom stereocenters. The highest BCUT2D eigenvalue weighted by molar-refractivity contribution is 4.78. The van der Waals surface area contributed by atoms with Crippen LogP contribution < -0.4 is 5.32 Å². The van der Waals surface area contributed by atoms with E-state index in [-0.39, 0.29) is 0 Å². The average Bonchev–Trinajstić information content (AvgIpc) is 2.96. The predicted molar refractivity (Wildman–Crippen MR) is 75.5 cm³/mol. The Labute approximate surface area is 117 Å². The SMILES string of the molecule is COC1CCCC(NCCCOCC2CCCO2)C1. The molecule has 0 aromatic heterocycles. The lowest BCUT2D eigenvalue weighted by Gasteiger charge is -2.28. The molecule has 0 spiro atoms. The van der Waals surface area contributed by atoms with E-state index in [0.29, 0.717) is 18.2 Å². The van der Waals surface area contributed by atoms with Crippen LogP contribution in [0.1, 0.15) is 44.9 Å². The van der Waals surface area contributed by atoms with E-state index < -0.39 is 0 Å². The molecule has 0 bridgehead atoms. The molecule has 19 heavy (non-hydrogen) atoms. The topological polar surface area (TPSA) is 39.7 Å². The standard InChI is InChI=1S/C15H29NO3/c1-17-14-6-2-5-13(11-14)16-8-4-9-18-12-15-7-3-10-19-15/h13-16H,2-12H2,1H3. The average molecular weight is 271 g/mol. The number of rotatable bonds is 8. The monoisotopic (exact) mass is 271 g/mol. The number of hydrogen-bond acceptors (Lipinski definition) is 4. The summed E-state index contributed by atoms with van der Waals surface area (Å²) in [6.45, 7) is 3.58. The highest BCUT2D eigenvalue weighted by atomic mass is 16.5. The van der Waals surface area contributed by atoms with Gasteiger partial charge in [0.05, 0.1) is 18.8 Å². The molecule has 1 aliphatic carbocycles. The Morgan fingerprint density at radius 2 is 2.16 bits per heavy atom. The van der Waals surface area contributed by atoms with Crippen LogP contribution >= 0.6 is 0 Å². The molecular weight excluding hydrogens is 242 g/mol. The predicted octanol–water partition coefficient (Wildman–Crippen LogP) is 2.12. The Morgan fingerprint density at radius 3 is 2.95 bits per heavy atom. The van der Waals surface area contributed by atoms with E-state index >= 15 is 0 Å². The van der Waals surface area contributed by atoms with Crippen molar-refractivity contribution in [3.8, 4) is 0 Å². The van der Waals surface area contributed by atoms with Crippen LogP contribution in [0, 0.1) is 0 Å². The maximum absolute atomic E-state index is 5.66. The number of nitrogens with one attached hydrogen (secondary N) is 1. The summed E-state index contributed by atoms with van der Waals surface area (Å²) in [5, 5.41) is 3.62. The van der Waals surface area contributed by atoms with E-state index in [9.17, 15) is 0 Å². The first-order valence-corrected chi connectivity index (χ1v) is 7.84. The third-order valence-corrected chi connectivity index (χ3v) is 4.19. The molecule has 1 N–H and O–H groups in total. The molecule has 2 rings (SSSR count). The van der Waals surface area contributed by atoms with Gasteiger partial charge in [-0.25, -0.2) is 0 Å². The van der Waals surface area contributed by atoms with Crippen LogP contribution in [0.2, 0.25) is 0 Å². The van der Waals surface area contributed by atoms with Crippen LogP contribution in [0.15, 0.2) is 0 Å². The molecule has 4 nitrogen and oxygen atoms in total. The number of hydrogen-bond donors (Lipinski definition) is 1. The van der Waals surface area contributed by atoms with Crippen molar-refractivity contribution in [1.82, 2.24) is 5.32 Å². The number of ether oxygens (including phenoxy) is 3. The summed E-state index contributed by atoms with van der Waals surface area (Å²) >= 11 is 0. The van der Waals surface area contributed by atoms with Crippen molar-refractivity contribution in [2.75, 3.05) is 33.5 Å². The summed E-state index contributed by atoms with van der Waals surface area (Å²) in [5.41, 5.74) is 0. The van der Waals surface area contributed by atoms with Crippen LogP contribution in [-0.2, 0) is 14.2 Å². The van der Waals surface area contributed by atoms with Crippen LogP contribution in [0.4, 0.5) is 0 Å². The Kier molecular flexibility index (Phi) is 7.14. The van der Waals surface area contributed by atoms with Crippen molar-refractivity contribution < 1.29 is 14.2 Å². The van der Waals surface area contributed by atoms with E-state index in [0.717, 1.165) is 39.2 Å². The van der Waals surface area contributed by atoms with E-state index in [1.54, 1.807) is 0 Å². The lowest BCUT2D eigenvalue weighted by molar-refractivity contribution is 0.0160. The summed E-state index contributed by atoms with van der Waals surface area (Å²) < 4.78 is 16.6. The molecule has 112 valence electrons. The van der Waals surface area contributed by atoms with Gasteiger partial charge in [0.2, 0.25) is 0 Å². The Morgan fingerprint density at radius 1 is 1.21 bits per heavy atom. The summed E-state index contributed by atoms with van der Waals surface area (Å²) in [5.74, 6) is 0. The third kappa shape index (κ3) is 5.78. The zero-order valence-electron chi connectivity index (χ0n) is 12.2. The van der Waals surface area contributed by atoms with Crippen molar-refractivity contribution in [1.29, 1.82) is 0 Å². The fraction of sp³-hybridized carbons (Fsp3) is 1.00. The fourth-order valence-electron chi connectivity index (χ4n) is 3.02. The van der Waals surface area contributed by atoms with E-state index in [1.165, 1.54) is 32.1 Å². The Balaban J connectivity index is 1.43. The molecule has 4 heteroatoms. The minimum atomic E-state index is 0.355. The number of methoxy groups -OCH3 is 1. The second kappa shape index (κ2) is 8.90. The molecule has 2 fully saturated rings. The summed E-state index contributed by atoms with van der Waals surface area (Å²) in [6.07, 6.45) is 9.21. The minimum absolute atomic E-state index is 0.355. The highest BCUT2D eigenvalue weighted by Gasteiger charge is 2.20. The maximum Gasteiger partial charge on any atom is 0.0809 e. The summed E-state index contributed by atoms with van der Waals surface area (Å²) in [7, 11) is 1.83. The van der Waals surface area contributed by atoms with Crippen LogP contribution in [0.5, 0.6) is 0 Å². The molecule has 0 aromatic carbocycles. The van der Waals surface area contributed by atoms with Gasteiger partial charge in [0.25, 0.3) is 0 Å². The van der Waals surface area contributed by atoms with Gasteiger partial charge >= 0.3 is 0 Å². The van der Waals surface area contributed by atoms with Crippen molar-refractivity contribution in [3.63, 3.8) is 0 Å². The van der Waals surface area contributed by atoms with E-state index in [2.05, 4.69) is 5.32 Å². The van der Waals surface area contributed by atoms with Gasteiger partial charge in [-0.2, -0.15) is 0 Å². The van der Waals surface area contributed by atoms with Gasteiger partial charge < -0.3 is 19.5 Å². The quantitative estimate of drug-likeness (QED) is 0.686. The van der Waals surface area contributed by atoms with Gasteiger partial charge in [0.15, 0.2) is 0 Å². The zero-order valence-corrected chi connectivity index (χ0v) is 12.2. The van der Waals surface area contributed by atoms with Gasteiger partial charge in [-0.3, -0.25) is 0 Å². The van der Waals surface area contributed by atoms with Crippen LogP contribution in [0.3, 0.4) is 0 Å². The van der Waals surface area contributed by atoms with Crippen molar-refractivity contribution in [2.24, 2.45) is 0 Å². The maximum atomic E-state index is 5.66. The molecule has 1 saturated carbocycles. The van der Waals surface area contributed by atoms with Gasteiger partial charge in [-0.05, 0) is 51.5 Å². The lowest BCUT2D eigenvalue weighted by Crippen LogP contribution is -2.37. The first-order chi connectivity index (χ1) is 9.38. The van der Waals surface area contributed by atoms with Gasteiger partial charge in [-0.15, -0.1) is 0 Å². The second-order valence-electron chi connectivity index (χ2n) is 5.74. The molecular formula is C15H29NO3. The van der Waals surface area contributed by atoms with Crippen LogP contribution in [0.25, 0.3) is 0 Å². The normalized spacial score (nSPS) is 31.7. The molecule has 2 aliphatic rings. The molecule has 0 amide bonds. The molecule has 1 saturated heterocycles. The fourth-order valence-corrected chi connectivity index (χ4v) is 3.02. The first kappa shape index (κ1) is 15.2. The largest absolute Gasteiger partial charge is 0.381 e. The van der Waals surface area contributed by atoms with Crippen molar-refractivity contribution in [2.45, 2.75) is 63.2 Å². The van der Waals surface area contributed by atoms with Gasteiger partial charge in [-0.1, -0.05) is 0 Å². The Hall–Kier alpha value is -0.160. The van der Waals surface area contributed by atoms with Gasteiger partial charge in [0, 0.05) is 26.4 Å². The molecule has 0 radical (unpaired) electrons. The molecule has 1 aliphatic heterocycles. The van der Waals surface area contributed by atoms with E-state index in [1.807, 2.05) is 7.11 Å². The third-order valence-electron chi connectivity index (χ3n) is 4.19. The molecule has 0 aromatic rings. The van der Waals surface area contributed by atoms with Gasteiger partial charge in [0.1, 0.15) is 0 Å². The van der Waals surface area contributed by atoms with Crippen molar-refractivity contribution in [3.05, 3.63) is 0 Å². The lowest BCUT2D eigenvalue weighted by atomic mass is 9.93. The molecule has 1 heterocycles. The minimum Gasteiger partial charge on any atom is -0.381 e. The second-order valence-corrected chi connectivity index (χ2v) is 5.74. The summed E-state index contributed by atoms with van der Waals surface area (Å²) in [6, 6.07) is 0.636.